The third-order valence-electron chi connectivity index (χ3n) is 17.0. The highest BCUT2D eigenvalue weighted by molar-refractivity contribution is 6.10. The first-order valence-electron chi connectivity index (χ1n) is 26.9. The van der Waals surface area contributed by atoms with Gasteiger partial charge in [0.2, 0.25) is 17.7 Å². The number of imidazole rings is 1. The number of carbonyl (C=O) groups excluding carboxylic acids is 5. The van der Waals surface area contributed by atoms with Crippen molar-refractivity contribution < 1.29 is 28.4 Å². The number of benzene rings is 4. The second kappa shape index (κ2) is 19.7. The summed E-state index contributed by atoms with van der Waals surface area (Å²) < 4.78 is 17.1. The molecule has 0 bridgehead atoms. The van der Waals surface area contributed by atoms with E-state index < -0.39 is 5.41 Å². The number of piperidine rings is 3. The summed E-state index contributed by atoms with van der Waals surface area (Å²) in [5.74, 6) is -0.799. The van der Waals surface area contributed by atoms with Crippen molar-refractivity contribution in [2.75, 3.05) is 67.5 Å². The van der Waals surface area contributed by atoms with Crippen molar-refractivity contribution in [2.24, 2.45) is 0 Å². The summed E-state index contributed by atoms with van der Waals surface area (Å²) >= 11 is 0. The predicted octanol–water partition coefficient (Wildman–Crippen LogP) is 8.58. The predicted molar refractivity (Wildman–Crippen MR) is 286 cm³/mol. The molecule has 12 rings (SSSR count). The Morgan fingerprint density at radius 1 is 0.760 bits per heavy atom. The van der Waals surface area contributed by atoms with Crippen LogP contribution in [0.3, 0.4) is 0 Å². The number of piperazine rings is 1. The number of amides is 5. The van der Waals surface area contributed by atoms with Crippen LogP contribution in [0.4, 0.5) is 27.3 Å². The average molecular weight is 1010 g/mol. The zero-order valence-electron chi connectivity index (χ0n) is 42.6. The van der Waals surface area contributed by atoms with E-state index in [9.17, 15) is 19.2 Å². The van der Waals surface area contributed by atoms with Gasteiger partial charge in [0.05, 0.1) is 34.6 Å². The molecule has 1 spiro atoms. The molecule has 75 heavy (non-hydrogen) atoms. The molecule has 386 valence electrons. The second-order valence-electron chi connectivity index (χ2n) is 21.7. The zero-order valence-corrected chi connectivity index (χ0v) is 42.6. The van der Waals surface area contributed by atoms with Crippen molar-refractivity contribution in [1.82, 2.24) is 34.6 Å². The Hall–Kier alpha value is -7.46. The number of pyridine rings is 1. The SMILES string of the molecule is CC(C)n1cnc2cc(-c3ccc4c(c3)N([C@H]3C[C@@H](N5CCCCC5)C3)C(=O)C43CCN(C(=O)c4ccc(C(=O)N5CCN(c6ccc(C7CCC(=O)NC7=O)cc6)CC5)cc4)CC3)nc(Nc3ccccc3F)c21. The molecule has 16 heteroatoms. The first-order valence-corrected chi connectivity index (χ1v) is 26.9. The van der Waals surface area contributed by atoms with E-state index in [-0.39, 0.29) is 53.4 Å². The van der Waals surface area contributed by atoms with E-state index in [0.29, 0.717) is 99.3 Å². The number of hydrogen-bond acceptors (Lipinski definition) is 10. The maximum atomic E-state index is 15.3. The molecule has 4 saturated heterocycles. The molecule has 5 amide bonds. The molecule has 1 unspecified atom stereocenters. The van der Waals surface area contributed by atoms with Crippen molar-refractivity contribution in [3.8, 4) is 11.3 Å². The lowest BCUT2D eigenvalue weighted by atomic mass is 9.73. The number of nitrogens with one attached hydrogen (secondary N) is 2. The number of fused-ring (bicyclic) bond motifs is 3. The van der Waals surface area contributed by atoms with Crippen LogP contribution in [0.15, 0.2) is 103 Å². The smallest absolute Gasteiger partial charge is 0.253 e. The molecule has 1 saturated carbocycles. The minimum Gasteiger partial charge on any atom is -0.368 e. The van der Waals surface area contributed by atoms with E-state index >= 15 is 9.18 Å². The summed E-state index contributed by atoms with van der Waals surface area (Å²) in [5, 5.41) is 5.71. The molecule has 1 aliphatic carbocycles. The van der Waals surface area contributed by atoms with Crippen LogP contribution < -0.4 is 20.4 Å². The Labute approximate surface area is 436 Å². The highest BCUT2D eigenvalue weighted by Crippen LogP contribution is 2.52. The van der Waals surface area contributed by atoms with Gasteiger partial charge >= 0.3 is 0 Å². The highest BCUT2D eigenvalue weighted by atomic mass is 19.1. The van der Waals surface area contributed by atoms with E-state index in [1.165, 1.54) is 25.3 Å². The number of anilines is 4. The van der Waals surface area contributed by atoms with Crippen LogP contribution in [0.2, 0.25) is 0 Å². The molecule has 6 aliphatic rings. The van der Waals surface area contributed by atoms with Gasteiger partial charge in [-0.1, -0.05) is 42.8 Å². The van der Waals surface area contributed by atoms with Gasteiger partial charge in [0.25, 0.3) is 11.8 Å². The van der Waals surface area contributed by atoms with E-state index in [1.54, 1.807) is 48.8 Å². The van der Waals surface area contributed by atoms with E-state index in [2.05, 4.69) is 51.3 Å². The summed E-state index contributed by atoms with van der Waals surface area (Å²) in [6, 6.07) is 30.3. The maximum absolute atomic E-state index is 15.3. The number of para-hydroxylation sites is 1. The quantitative estimate of drug-likeness (QED) is 0.128. The summed E-state index contributed by atoms with van der Waals surface area (Å²) in [7, 11) is 0. The lowest BCUT2D eigenvalue weighted by molar-refractivity contribution is -0.134. The minimum atomic E-state index is -0.786. The number of rotatable bonds is 10. The first kappa shape index (κ1) is 48.5. The van der Waals surface area contributed by atoms with Gasteiger partial charge in [-0.05, 0) is 144 Å². The first-order chi connectivity index (χ1) is 36.4. The normalized spacial score (nSPS) is 21.9. The molecule has 15 nitrogen and oxygen atoms in total. The average Bonchev–Trinajstić information content (AvgIpc) is 3.96. The molecule has 6 aromatic rings. The fourth-order valence-electron chi connectivity index (χ4n) is 12.6. The van der Waals surface area contributed by atoms with Gasteiger partial charge in [-0.25, -0.2) is 14.4 Å². The summed E-state index contributed by atoms with van der Waals surface area (Å²) in [5.41, 5.74) is 7.35. The summed E-state index contributed by atoms with van der Waals surface area (Å²) in [6.45, 7) is 9.56. The third kappa shape index (κ3) is 8.89. The van der Waals surface area contributed by atoms with Crippen molar-refractivity contribution in [2.45, 2.75) is 101 Å². The summed E-state index contributed by atoms with van der Waals surface area (Å²) in [4.78, 5) is 87.7. The number of halogens is 1. The van der Waals surface area contributed by atoms with Gasteiger partial charge in [0, 0.05) is 91.9 Å². The van der Waals surface area contributed by atoms with Gasteiger partial charge in [0.1, 0.15) is 11.3 Å². The van der Waals surface area contributed by atoms with Crippen LogP contribution in [0.5, 0.6) is 0 Å². The van der Waals surface area contributed by atoms with E-state index in [4.69, 9.17) is 9.97 Å². The van der Waals surface area contributed by atoms with E-state index in [1.807, 2.05) is 50.8 Å². The Kier molecular flexibility index (Phi) is 12.7. The van der Waals surface area contributed by atoms with Crippen LogP contribution in [0, 0.1) is 5.82 Å². The highest BCUT2D eigenvalue weighted by Gasteiger charge is 2.56. The zero-order chi connectivity index (χ0) is 51.5. The number of nitrogens with zero attached hydrogens (tertiary/aromatic N) is 8. The standard InChI is InChI=1S/C59H63FN10O5/c1-37(2)69-36-61-50-35-49(63-54(53(50)69)62-48-9-5-4-8-47(48)60)41-16-20-46-51(32-41)70(44-33-43(34-44)65-24-6-3-7-25-65)58(75)59(46)22-26-67(27-23-59)56(73)39-10-12-40(13-11-39)57(74)68-30-28-66(29-31-68)42-17-14-38(15-18-42)45-19-21-52(71)64-55(45)72/h4-5,8-18,20,32,35-37,43-45H,3,6-7,19,21-31,33-34H2,1-2H3,(H,62,63)(H,64,71,72)/t43-,44+,45?. The largest absolute Gasteiger partial charge is 0.368 e. The van der Waals surface area contributed by atoms with Gasteiger partial charge in [-0.2, -0.15) is 0 Å². The molecule has 2 N–H and O–H groups in total. The molecular formula is C59H63FN10O5. The molecule has 5 fully saturated rings. The van der Waals surface area contributed by atoms with Gasteiger partial charge < -0.3 is 34.4 Å². The van der Waals surface area contributed by atoms with Gasteiger partial charge in [-0.15, -0.1) is 0 Å². The molecule has 5 aliphatic heterocycles. The lowest BCUT2D eigenvalue weighted by Crippen LogP contribution is -2.58. The minimum absolute atomic E-state index is 0.0592. The Morgan fingerprint density at radius 3 is 2.11 bits per heavy atom. The molecule has 7 heterocycles. The Balaban J connectivity index is 0.742. The van der Waals surface area contributed by atoms with Crippen LogP contribution in [-0.2, 0) is 19.8 Å². The van der Waals surface area contributed by atoms with Crippen LogP contribution in [-0.4, -0.2) is 123 Å². The molecular weight excluding hydrogens is 948 g/mol. The monoisotopic (exact) mass is 1010 g/mol. The third-order valence-corrected chi connectivity index (χ3v) is 17.0. The Bertz CT molecular complexity index is 3200. The van der Waals surface area contributed by atoms with Crippen molar-refractivity contribution in [3.05, 3.63) is 131 Å². The topological polar surface area (TPSA) is 156 Å². The Morgan fingerprint density at radius 2 is 1.44 bits per heavy atom. The number of imide groups is 1. The number of hydrogen-bond donors (Lipinski definition) is 2. The second-order valence-corrected chi connectivity index (χ2v) is 21.7. The maximum Gasteiger partial charge on any atom is 0.253 e. The van der Waals surface area contributed by atoms with Crippen LogP contribution >= 0.6 is 0 Å². The van der Waals surface area contributed by atoms with Crippen LogP contribution in [0.1, 0.15) is 115 Å². The lowest BCUT2D eigenvalue weighted by Gasteiger charge is -2.48. The van der Waals surface area contributed by atoms with Crippen LogP contribution in [0.25, 0.3) is 22.3 Å². The molecule has 0 radical (unpaired) electrons. The number of carbonyl (C=O) groups is 5. The van der Waals surface area contributed by atoms with Crippen molar-refractivity contribution in [3.63, 3.8) is 0 Å². The molecule has 1 atom stereocenters. The fraction of sp³-hybridized carbons (Fsp3) is 0.407. The number of likely N-dealkylation sites (tertiary alicyclic amines) is 2. The molecule has 2 aromatic heterocycles. The molecule has 4 aromatic carbocycles. The van der Waals surface area contributed by atoms with Crippen molar-refractivity contribution >= 4 is 63.4 Å². The summed E-state index contributed by atoms with van der Waals surface area (Å²) in [6.07, 6.45) is 9.15. The van der Waals surface area contributed by atoms with Gasteiger partial charge in [0.15, 0.2) is 5.82 Å². The van der Waals surface area contributed by atoms with Crippen molar-refractivity contribution in [1.29, 1.82) is 0 Å². The van der Waals surface area contributed by atoms with E-state index in [0.717, 1.165) is 65.0 Å². The van der Waals surface area contributed by atoms with Gasteiger partial charge in [-0.3, -0.25) is 29.3 Å². The number of aromatic nitrogens is 3. The fourth-order valence-corrected chi connectivity index (χ4v) is 12.6.